The normalized spacial score (nSPS) is 36.6. The Morgan fingerprint density at radius 2 is 0.987 bits per heavy atom. The van der Waals surface area contributed by atoms with Crippen LogP contribution < -0.4 is 10.6 Å². The van der Waals surface area contributed by atoms with Gasteiger partial charge in [-0.15, -0.1) is 0 Å². The van der Waals surface area contributed by atoms with Crippen molar-refractivity contribution >= 4 is 75.7 Å². The van der Waals surface area contributed by atoms with Gasteiger partial charge in [0.1, 0.15) is 42.7 Å². The highest BCUT2D eigenvalue weighted by Crippen LogP contribution is 2.38. The number of hydrogen-bond donors (Lipinski definition) is 14. The highest BCUT2D eigenvalue weighted by Gasteiger charge is 2.57. The quantitative estimate of drug-likeness (QED) is 0.0358. The summed E-state index contributed by atoms with van der Waals surface area (Å²) in [5.74, 6) is -14.0. The number of carbonyl (C=O) groups is 4. The third-order valence-electron chi connectivity index (χ3n) is 11.9. The van der Waals surface area contributed by atoms with Gasteiger partial charge in [0.2, 0.25) is 11.8 Å². The van der Waals surface area contributed by atoms with E-state index in [0.29, 0.717) is 0 Å². The molecule has 8 unspecified atom stereocenters. The van der Waals surface area contributed by atoms with E-state index in [1.807, 2.05) is 0 Å². The van der Waals surface area contributed by atoms with E-state index in [-0.39, 0.29) is 0 Å². The summed E-state index contributed by atoms with van der Waals surface area (Å²) in [5.41, 5.74) is 0. The van der Waals surface area contributed by atoms with Crippen LogP contribution in [0.15, 0.2) is 0 Å². The molecule has 0 radical (unpaired) electrons. The second kappa shape index (κ2) is 26.6. The third-order valence-corrected chi connectivity index (χ3v) is 14.2. The van der Waals surface area contributed by atoms with Gasteiger partial charge in [-0.2, -0.15) is 42.1 Å². The number of carboxylic acid groups (broad SMARTS) is 2. The molecular weight excluding hydrogens is 1180 g/mol. The predicted octanol–water partition coefficient (Wildman–Crippen LogP) is -8.69. The molecule has 0 aromatic heterocycles. The van der Waals surface area contributed by atoms with Gasteiger partial charge in [0, 0.05) is 25.7 Å². The first-order valence-corrected chi connectivity index (χ1v) is 28.4. The number of ether oxygens (including phenoxy) is 6. The Morgan fingerprint density at radius 1 is 0.506 bits per heavy atom. The van der Waals surface area contributed by atoms with E-state index in [4.69, 9.17) is 32.6 Å². The summed E-state index contributed by atoms with van der Waals surface area (Å²) in [5, 5.41) is 76.8. The van der Waals surface area contributed by atoms with Crippen LogP contribution in [0.25, 0.3) is 0 Å². The Bertz CT molecular complexity index is 2640. The largest absolute Gasteiger partial charge is 0.481 e. The predicted molar refractivity (Wildman–Crippen MR) is 232 cm³/mol. The number of carbonyl (C=O) groups excluding carboxylic acids is 2. The number of nitrogens with one attached hydrogen (secondary N) is 2. The maximum Gasteiger partial charge on any atom is 0.397 e. The molecule has 4 rings (SSSR count). The molecule has 20 atom stereocenters. The lowest BCUT2D eigenvalue weighted by Crippen LogP contribution is -2.65. The molecule has 2 amide bonds. The van der Waals surface area contributed by atoms with Gasteiger partial charge in [0.05, 0.1) is 81.9 Å². The fourth-order valence-corrected chi connectivity index (χ4v) is 11.5. The molecule has 3 heterocycles. The average molecular weight is 1230 g/mol. The Hall–Kier alpha value is -3.21. The van der Waals surface area contributed by atoms with Crippen molar-refractivity contribution in [3.63, 3.8) is 0 Å². The van der Waals surface area contributed by atoms with E-state index in [2.05, 4.69) is 27.4 Å². The molecule has 3 saturated heterocycles. The number of carboxylic acids is 2. The first kappa shape index (κ1) is 66.3. The van der Waals surface area contributed by atoms with Crippen molar-refractivity contribution in [3.05, 3.63) is 0 Å². The maximum absolute atomic E-state index is 12.8. The van der Waals surface area contributed by atoms with Gasteiger partial charge in [-0.1, -0.05) is 0 Å². The molecule has 0 aromatic carbocycles. The van der Waals surface area contributed by atoms with Gasteiger partial charge < -0.3 is 74.8 Å². The van der Waals surface area contributed by atoms with Crippen LogP contribution in [-0.2, 0) is 121 Å². The zero-order chi connectivity index (χ0) is 58.5. The fourth-order valence-electron chi connectivity index (χ4n) is 8.95. The Labute approximate surface area is 435 Å². The number of aliphatic carboxylic acids is 2. The van der Waals surface area contributed by atoms with Gasteiger partial charge >= 0.3 is 63.9 Å². The van der Waals surface area contributed by atoms with Crippen molar-refractivity contribution in [2.45, 2.75) is 118 Å². The molecule has 3 aliphatic heterocycles. The van der Waals surface area contributed by atoms with E-state index < -0.39 is 243 Å². The summed E-state index contributed by atoms with van der Waals surface area (Å²) in [6.07, 6.45) is -33.6. The Balaban J connectivity index is 1.76. The van der Waals surface area contributed by atoms with Crippen LogP contribution in [0, 0.1) is 23.7 Å². The molecule has 0 aromatic rings. The van der Waals surface area contributed by atoms with E-state index in [0.717, 1.165) is 13.8 Å². The Morgan fingerprint density at radius 3 is 1.48 bits per heavy atom. The molecule has 1 aliphatic carbocycles. The number of rotatable bonds is 26. The molecule has 44 heteroatoms. The van der Waals surface area contributed by atoms with E-state index in [9.17, 15) is 120 Å². The van der Waals surface area contributed by atoms with Gasteiger partial charge in [0.25, 0.3) is 0 Å². The molecule has 0 bridgehead atoms. The standard InChI is InChI=1S/C33H54N2O37S5/c1-10(38)34-20-14(8-63-16-3-12(30(42)43)23(41)28(71-76(56,57)58)27(16)70-75(53,54)55)24(68-73(47,48)49)18(5-37)65-19(20)9-62-6-15-25(69-74(50,51)52)29(72-77(59,60)61)33(67-26(15)31(44)45)64-7-13-21(35-11(2)39)32(46)66-17(4-36)22(13)40/h12-29,32-33,36-37,40-41,46H,3-9H2,1-2H3,(H,34,38)(H,35,39)(H,42,43)(H,44,45)(H,47,48,49)(H,50,51,52)(H,53,54,55)(H,56,57,58)(H,59,60,61)/t12?,13-,14-,15+,16+,17?,18?,19-,20?,21?,22-,23+,24-,25+,26?,27?,28+,29?,32+,33+/m0/s1. The van der Waals surface area contributed by atoms with Crippen molar-refractivity contribution in [2.24, 2.45) is 23.7 Å². The summed E-state index contributed by atoms with van der Waals surface area (Å²) >= 11 is 0. The van der Waals surface area contributed by atoms with Crippen molar-refractivity contribution < 1.29 is 169 Å². The Kier molecular flexibility index (Phi) is 22.9. The first-order chi connectivity index (χ1) is 35.2. The highest BCUT2D eigenvalue weighted by atomic mass is 32.3. The van der Waals surface area contributed by atoms with E-state index >= 15 is 0 Å². The van der Waals surface area contributed by atoms with Gasteiger partial charge in [0.15, 0.2) is 24.8 Å². The number of hydrogen-bond acceptors (Lipinski definition) is 30. The van der Waals surface area contributed by atoms with Gasteiger partial charge in [-0.3, -0.25) is 37.1 Å². The molecule has 448 valence electrons. The molecule has 4 fully saturated rings. The van der Waals surface area contributed by atoms with Crippen molar-refractivity contribution in [3.8, 4) is 0 Å². The van der Waals surface area contributed by atoms with Crippen LogP contribution in [0.5, 0.6) is 0 Å². The third kappa shape index (κ3) is 19.2. The highest BCUT2D eigenvalue weighted by molar-refractivity contribution is 7.81. The summed E-state index contributed by atoms with van der Waals surface area (Å²) in [7, 11) is -28.9. The SMILES string of the molecule is CC(=O)NC1[C@H](O)OC(CO)[C@@H](O)[C@H]1CO[C@@H]1OC(C(=O)O)[C@H](COC[C@@H]2OC(CO)[C@@H](OS(=O)(=O)O)[C@@H](CO[C@@H]3CC(C(=O)O)[C@@H](O)[C@@H](OS(=O)(=O)O)C3OS(=O)(=O)O)C2NC(C)=O)[C@@H](OS(=O)(=O)O)C1OS(=O)(=O)O. The zero-order valence-electron chi connectivity index (χ0n) is 39.1. The average Bonchev–Trinajstić information content (AvgIpc) is 3.25. The molecule has 77 heavy (non-hydrogen) atoms. The topological polar surface area (TPSA) is 607 Å². The van der Waals surface area contributed by atoms with Gasteiger partial charge in [-0.05, 0) is 6.42 Å². The van der Waals surface area contributed by atoms with Crippen LogP contribution in [-0.4, -0.2) is 262 Å². The molecule has 39 nitrogen and oxygen atoms in total. The minimum absolute atomic E-state index is 0.817. The fraction of sp³-hybridized carbons (Fsp3) is 0.879. The van der Waals surface area contributed by atoms with Crippen molar-refractivity contribution in [2.75, 3.05) is 39.6 Å². The zero-order valence-corrected chi connectivity index (χ0v) is 43.2. The minimum Gasteiger partial charge on any atom is -0.481 e. The molecule has 0 spiro atoms. The minimum atomic E-state index is -5.89. The number of amides is 2. The summed E-state index contributed by atoms with van der Waals surface area (Å²) < 4.78 is 225. The van der Waals surface area contributed by atoms with Crippen LogP contribution in [0.3, 0.4) is 0 Å². The lowest BCUT2D eigenvalue weighted by molar-refractivity contribution is -0.295. The molecule has 1 saturated carbocycles. The van der Waals surface area contributed by atoms with E-state index in [1.54, 1.807) is 0 Å². The van der Waals surface area contributed by atoms with Crippen LogP contribution in [0.2, 0.25) is 0 Å². The molecular formula is C33H54N2O37S5. The number of aliphatic hydroxyl groups excluding tert-OH is 5. The van der Waals surface area contributed by atoms with Gasteiger partial charge in [-0.25, -0.2) is 25.7 Å². The maximum atomic E-state index is 12.8. The molecule has 14 N–H and O–H groups in total. The van der Waals surface area contributed by atoms with Crippen molar-refractivity contribution in [1.29, 1.82) is 0 Å². The summed E-state index contributed by atoms with van der Waals surface area (Å²) in [4.78, 5) is 49.7. The monoisotopic (exact) mass is 1230 g/mol. The second-order valence-corrected chi connectivity index (χ2v) is 22.4. The summed E-state index contributed by atoms with van der Waals surface area (Å²) in [6.45, 7) is -5.26. The summed E-state index contributed by atoms with van der Waals surface area (Å²) in [6, 6.07) is -3.52. The van der Waals surface area contributed by atoms with Crippen LogP contribution in [0.4, 0.5) is 0 Å². The van der Waals surface area contributed by atoms with Crippen molar-refractivity contribution in [1.82, 2.24) is 10.6 Å². The van der Waals surface area contributed by atoms with Crippen LogP contribution >= 0.6 is 0 Å². The number of aliphatic hydroxyl groups is 5. The smallest absolute Gasteiger partial charge is 0.397 e. The molecule has 4 aliphatic rings. The van der Waals surface area contributed by atoms with Crippen LogP contribution in [0.1, 0.15) is 20.3 Å². The lowest BCUT2D eigenvalue weighted by atomic mass is 9.80. The first-order valence-electron chi connectivity index (χ1n) is 21.6. The lowest BCUT2D eigenvalue weighted by Gasteiger charge is -2.47. The second-order valence-electron chi connectivity index (χ2n) is 17.2. The van der Waals surface area contributed by atoms with E-state index in [1.165, 1.54) is 0 Å².